The lowest BCUT2D eigenvalue weighted by Crippen LogP contribution is -2.49. The van der Waals surface area contributed by atoms with Crippen LogP contribution in [0.5, 0.6) is 0 Å². The van der Waals surface area contributed by atoms with Crippen LogP contribution in [0.1, 0.15) is 19.3 Å². The van der Waals surface area contributed by atoms with Gasteiger partial charge >= 0.3 is 12.0 Å². The van der Waals surface area contributed by atoms with E-state index < -0.39 is 11.9 Å². The van der Waals surface area contributed by atoms with E-state index in [1.807, 2.05) is 0 Å². The third-order valence-corrected chi connectivity index (χ3v) is 3.89. The predicted molar refractivity (Wildman–Crippen MR) is 70.9 cm³/mol. The molecule has 6 heteroatoms. The van der Waals surface area contributed by atoms with E-state index in [1.54, 1.807) is 24.1 Å². The van der Waals surface area contributed by atoms with Gasteiger partial charge in [0.2, 0.25) is 0 Å². The van der Waals surface area contributed by atoms with Crippen LogP contribution in [0.15, 0.2) is 12.2 Å². The third kappa shape index (κ3) is 3.47. The maximum absolute atomic E-state index is 12.1. The number of carbonyl (C=O) groups excluding carboxylic acids is 1. The molecule has 3 N–H and O–H groups in total. The van der Waals surface area contributed by atoms with E-state index in [9.17, 15) is 9.59 Å². The first-order valence-corrected chi connectivity index (χ1v) is 6.73. The maximum atomic E-state index is 12.1. The minimum atomic E-state index is -0.834. The first-order chi connectivity index (χ1) is 9.08. The van der Waals surface area contributed by atoms with Crippen LogP contribution in [0.3, 0.4) is 0 Å². The van der Waals surface area contributed by atoms with Gasteiger partial charge in [-0.05, 0) is 32.4 Å². The summed E-state index contributed by atoms with van der Waals surface area (Å²) >= 11 is 0. The van der Waals surface area contributed by atoms with E-state index in [1.165, 1.54) is 0 Å². The molecule has 2 rings (SSSR count). The van der Waals surface area contributed by atoms with Crippen LogP contribution in [0.4, 0.5) is 4.79 Å². The molecule has 0 bridgehead atoms. The fourth-order valence-electron chi connectivity index (χ4n) is 2.61. The van der Waals surface area contributed by atoms with E-state index in [0.29, 0.717) is 6.42 Å². The number of urea groups is 1. The molecule has 1 aliphatic carbocycles. The number of carboxylic acid groups (broad SMARTS) is 1. The Balaban J connectivity index is 1.81. The van der Waals surface area contributed by atoms with Gasteiger partial charge < -0.3 is 20.6 Å². The molecule has 0 radical (unpaired) electrons. The average molecular weight is 267 g/mol. The van der Waals surface area contributed by atoms with Crippen LogP contribution in [0.25, 0.3) is 0 Å². The number of amides is 2. The summed E-state index contributed by atoms with van der Waals surface area (Å²) in [7, 11) is 1.80. The zero-order valence-electron chi connectivity index (χ0n) is 11.1. The van der Waals surface area contributed by atoms with Crippen molar-refractivity contribution in [3.63, 3.8) is 0 Å². The topological polar surface area (TPSA) is 81.7 Å². The average Bonchev–Trinajstić information content (AvgIpc) is 2.87. The van der Waals surface area contributed by atoms with Gasteiger partial charge in [-0.15, -0.1) is 0 Å². The highest BCUT2D eigenvalue weighted by molar-refractivity contribution is 5.76. The van der Waals surface area contributed by atoms with Crippen LogP contribution >= 0.6 is 0 Å². The summed E-state index contributed by atoms with van der Waals surface area (Å²) < 4.78 is 0. The van der Waals surface area contributed by atoms with Crippen molar-refractivity contribution in [2.24, 2.45) is 5.92 Å². The number of piperidine rings is 1. The lowest BCUT2D eigenvalue weighted by atomic mass is 10.1. The van der Waals surface area contributed by atoms with Crippen molar-refractivity contribution in [2.45, 2.75) is 31.3 Å². The summed E-state index contributed by atoms with van der Waals surface area (Å²) in [6.07, 6.45) is 5.79. The maximum Gasteiger partial charge on any atom is 0.317 e. The number of hydrogen-bond acceptors (Lipinski definition) is 3. The molecule has 0 saturated carbocycles. The highest BCUT2D eigenvalue weighted by Gasteiger charge is 2.28. The molecule has 0 aromatic rings. The van der Waals surface area contributed by atoms with Gasteiger partial charge in [0.15, 0.2) is 0 Å². The Morgan fingerprint density at radius 2 is 2.00 bits per heavy atom. The molecule has 1 fully saturated rings. The Bertz CT molecular complexity index is 377. The zero-order chi connectivity index (χ0) is 13.8. The second kappa shape index (κ2) is 6.06. The fourth-order valence-corrected chi connectivity index (χ4v) is 2.61. The van der Waals surface area contributed by atoms with Gasteiger partial charge in [0.25, 0.3) is 0 Å². The molecular formula is C13H21N3O3. The van der Waals surface area contributed by atoms with Crippen molar-refractivity contribution < 1.29 is 14.7 Å². The van der Waals surface area contributed by atoms with Crippen molar-refractivity contribution in [3.8, 4) is 0 Å². The van der Waals surface area contributed by atoms with Gasteiger partial charge in [0.1, 0.15) is 0 Å². The van der Waals surface area contributed by atoms with Crippen LogP contribution in [0.2, 0.25) is 0 Å². The lowest BCUT2D eigenvalue weighted by Gasteiger charge is -2.32. The fraction of sp³-hybridized carbons (Fsp3) is 0.692. The van der Waals surface area contributed by atoms with Crippen LogP contribution in [0, 0.1) is 5.92 Å². The first kappa shape index (κ1) is 13.9. The van der Waals surface area contributed by atoms with Crippen LogP contribution < -0.4 is 10.6 Å². The quantitative estimate of drug-likeness (QED) is 0.647. The summed E-state index contributed by atoms with van der Waals surface area (Å²) in [6.45, 7) is 1.87. The van der Waals surface area contributed by atoms with Gasteiger partial charge in [0, 0.05) is 13.1 Å². The van der Waals surface area contributed by atoms with Crippen molar-refractivity contribution in [3.05, 3.63) is 12.2 Å². The SMILES string of the molecule is CN(C(=O)NC1C=CC(C(=O)O)C1)C1CCNCC1. The van der Waals surface area contributed by atoms with Gasteiger partial charge in [-0.1, -0.05) is 12.2 Å². The number of carbonyl (C=O) groups is 2. The van der Waals surface area contributed by atoms with Crippen LogP contribution in [-0.4, -0.2) is 54.2 Å². The largest absolute Gasteiger partial charge is 0.481 e. The molecule has 2 unspecified atom stereocenters. The molecule has 6 nitrogen and oxygen atoms in total. The Morgan fingerprint density at radius 1 is 1.32 bits per heavy atom. The smallest absolute Gasteiger partial charge is 0.317 e. The normalized spacial score (nSPS) is 27.2. The molecule has 1 saturated heterocycles. The number of carboxylic acids is 1. The Kier molecular flexibility index (Phi) is 4.42. The third-order valence-electron chi connectivity index (χ3n) is 3.89. The first-order valence-electron chi connectivity index (χ1n) is 6.73. The summed E-state index contributed by atoms with van der Waals surface area (Å²) in [5.74, 6) is -1.31. The van der Waals surface area contributed by atoms with E-state index in [-0.39, 0.29) is 18.1 Å². The molecule has 2 amide bonds. The minimum Gasteiger partial charge on any atom is -0.481 e. The molecule has 106 valence electrons. The summed E-state index contributed by atoms with van der Waals surface area (Å²) in [4.78, 5) is 24.7. The molecule has 1 heterocycles. The van der Waals surface area contributed by atoms with E-state index in [4.69, 9.17) is 5.11 Å². The van der Waals surface area contributed by atoms with Gasteiger partial charge in [-0.3, -0.25) is 4.79 Å². The Labute approximate surface area is 112 Å². The highest BCUT2D eigenvalue weighted by atomic mass is 16.4. The summed E-state index contributed by atoms with van der Waals surface area (Å²) in [5, 5.41) is 15.0. The molecule has 2 aliphatic rings. The number of aliphatic carboxylic acids is 1. The predicted octanol–water partition coefficient (Wildman–Crippen LogP) is 0.409. The molecular weight excluding hydrogens is 246 g/mol. The van der Waals surface area contributed by atoms with Gasteiger partial charge in [-0.25, -0.2) is 4.79 Å². The second-order valence-electron chi connectivity index (χ2n) is 5.21. The number of hydrogen-bond donors (Lipinski definition) is 3. The Morgan fingerprint density at radius 3 is 2.58 bits per heavy atom. The second-order valence-corrected chi connectivity index (χ2v) is 5.21. The summed E-state index contributed by atoms with van der Waals surface area (Å²) in [6, 6.07) is -0.0211. The molecule has 2 atom stereocenters. The van der Waals surface area contributed by atoms with Gasteiger partial charge in [-0.2, -0.15) is 0 Å². The van der Waals surface area contributed by atoms with Crippen LogP contribution in [-0.2, 0) is 4.79 Å². The summed E-state index contributed by atoms with van der Waals surface area (Å²) in [5.41, 5.74) is 0. The minimum absolute atomic E-state index is 0.118. The van der Waals surface area contributed by atoms with E-state index >= 15 is 0 Å². The van der Waals surface area contributed by atoms with Crippen molar-refractivity contribution in [2.75, 3.05) is 20.1 Å². The Hall–Kier alpha value is -1.56. The van der Waals surface area contributed by atoms with E-state index in [2.05, 4.69) is 10.6 Å². The monoisotopic (exact) mass is 267 g/mol. The molecule has 1 aliphatic heterocycles. The zero-order valence-corrected chi connectivity index (χ0v) is 11.1. The highest BCUT2D eigenvalue weighted by Crippen LogP contribution is 2.18. The number of nitrogens with one attached hydrogen (secondary N) is 2. The van der Waals surface area contributed by atoms with Crippen molar-refractivity contribution in [1.82, 2.24) is 15.5 Å². The lowest BCUT2D eigenvalue weighted by molar-refractivity contribution is -0.140. The van der Waals surface area contributed by atoms with Crippen molar-refractivity contribution in [1.29, 1.82) is 0 Å². The molecule has 0 spiro atoms. The molecule has 19 heavy (non-hydrogen) atoms. The number of nitrogens with zero attached hydrogens (tertiary/aromatic N) is 1. The van der Waals surface area contributed by atoms with E-state index in [0.717, 1.165) is 25.9 Å². The van der Waals surface area contributed by atoms with Gasteiger partial charge in [0.05, 0.1) is 12.0 Å². The number of rotatable bonds is 3. The van der Waals surface area contributed by atoms with Crippen molar-refractivity contribution >= 4 is 12.0 Å². The molecule has 0 aromatic heterocycles. The molecule has 0 aromatic carbocycles. The standard InChI is InChI=1S/C13H21N3O3/c1-16(11-4-6-14-7-5-11)13(19)15-10-3-2-9(8-10)12(17)18/h2-3,9-11,14H,4-8H2,1H3,(H,15,19)(H,17,18).